The van der Waals surface area contributed by atoms with Crippen molar-refractivity contribution in [2.24, 2.45) is 23.7 Å². The predicted octanol–water partition coefficient (Wildman–Crippen LogP) is 3.46. The molecule has 0 unspecified atom stereocenters. The van der Waals surface area contributed by atoms with Crippen LogP contribution in [0.2, 0.25) is 0 Å². The summed E-state index contributed by atoms with van der Waals surface area (Å²) in [4.78, 5) is 28.5. The second kappa shape index (κ2) is 19.7. The number of aliphatic hydroxyl groups is 3. The SMILES string of the molecule is CC[C@H]1OC(=O)[C@H](C)[C@@H](O[C@H]2C[C@@](C)(OC)[C@@H](OC(C)=O)[C@H](C)O2)[C@H](C)[C@@H](O[C@@H]2O[C@H](C)C[C@H](N(C)C)[C@H]2OC)[C@@](C)(OC)C[C@@H](C)[C@H](O)[C@H](C)[C@@H](O)[C@]1(C)O. The molecule has 3 fully saturated rings. The van der Waals surface area contributed by atoms with Gasteiger partial charge in [-0.25, -0.2) is 0 Å². The molecule has 3 N–H and O–H groups in total. The highest BCUT2D eigenvalue weighted by Crippen LogP contribution is 2.43. The van der Waals surface area contributed by atoms with Crippen LogP contribution in [0.5, 0.6) is 0 Å². The molecule has 0 aromatic heterocycles. The number of carbonyl (C=O) groups excluding carboxylic acids is 2. The molecule has 0 aliphatic carbocycles. The first-order valence-corrected chi connectivity index (χ1v) is 20.3. The summed E-state index contributed by atoms with van der Waals surface area (Å²) in [5.41, 5.74) is -4.08. The number of ether oxygens (including phenoxy) is 9. The van der Waals surface area contributed by atoms with E-state index in [0.717, 1.165) is 0 Å². The molecule has 0 aromatic rings. The molecular weight excluding hydrogens is 730 g/mol. The number of likely N-dealkylation sites (N-methyl/N-ethyl adjacent to an activating group) is 1. The number of methoxy groups -OCH3 is 3. The van der Waals surface area contributed by atoms with Gasteiger partial charge in [-0.1, -0.05) is 27.7 Å². The highest BCUT2D eigenvalue weighted by Gasteiger charge is 2.55. The Bertz CT molecular complexity index is 1270. The quantitative estimate of drug-likeness (QED) is 0.273. The molecule has 0 amide bonds. The monoisotopic (exact) mass is 806 g/mol. The van der Waals surface area contributed by atoms with Gasteiger partial charge in [0.15, 0.2) is 18.7 Å². The van der Waals surface area contributed by atoms with Crippen molar-refractivity contribution < 1.29 is 67.5 Å². The minimum absolute atomic E-state index is 0.0480. The molecule has 15 nitrogen and oxygen atoms in total. The van der Waals surface area contributed by atoms with Crippen molar-refractivity contribution in [3.63, 3.8) is 0 Å². The van der Waals surface area contributed by atoms with Gasteiger partial charge in [-0.3, -0.25) is 9.59 Å². The fourth-order valence-corrected chi connectivity index (χ4v) is 9.40. The van der Waals surface area contributed by atoms with Gasteiger partial charge < -0.3 is 62.9 Å². The van der Waals surface area contributed by atoms with Gasteiger partial charge in [0.2, 0.25) is 0 Å². The van der Waals surface area contributed by atoms with E-state index in [1.807, 2.05) is 48.7 Å². The second-order valence-corrected chi connectivity index (χ2v) is 17.7. The first kappa shape index (κ1) is 48.9. The highest BCUT2D eigenvalue weighted by molar-refractivity contribution is 5.73. The van der Waals surface area contributed by atoms with Gasteiger partial charge in [-0.15, -0.1) is 0 Å². The molecule has 328 valence electrons. The summed E-state index contributed by atoms with van der Waals surface area (Å²) in [7, 11) is 8.69. The van der Waals surface area contributed by atoms with E-state index in [-0.39, 0.29) is 31.4 Å². The summed E-state index contributed by atoms with van der Waals surface area (Å²) in [5.74, 6) is -4.11. The van der Waals surface area contributed by atoms with E-state index < -0.39 is 114 Å². The molecule has 56 heavy (non-hydrogen) atoms. The molecule has 3 aliphatic heterocycles. The first-order valence-electron chi connectivity index (χ1n) is 20.3. The van der Waals surface area contributed by atoms with Gasteiger partial charge >= 0.3 is 11.9 Å². The average Bonchev–Trinajstić information content (AvgIpc) is 3.13. The molecule has 3 aliphatic rings. The normalized spacial score (nSPS) is 47.5. The number of hydrogen-bond acceptors (Lipinski definition) is 15. The van der Waals surface area contributed by atoms with Crippen molar-refractivity contribution >= 4 is 11.9 Å². The average molecular weight is 806 g/mol. The molecule has 19 atom stereocenters. The Morgan fingerprint density at radius 2 is 1.46 bits per heavy atom. The number of aliphatic hydroxyl groups excluding tert-OH is 2. The zero-order valence-corrected chi connectivity index (χ0v) is 36.8. The van der Waals surface area contributed by atoms with Crippen LogP contribution in [0.1, 0.15) is 102 Å². The van der Waals surface area contributed by atoms with E-state index in [1.165, 1.54) is 21.0 Å². The molecule has 3 saturated heterocycles. The maximum absolute atomic E-state index is 14.4. The Kier molecular flexibility index (Phi) is 17.2. The minimum Gasteiger partial charge on any atom is -0.459 e. The zero-order valence-electron chi connectivity index (χ0n) is 36.8. The molecule has 0 aromatic carbocycles. The number of nitrogens with zero attached hydrogens (tertiary/aromatic N) is 1. The lowest BCUT2D eigenvalue weighted by Gasteiger charge is -2.50. The van der Waals surface area contributed by atoms with E-state index in [0.29, 0.717) is 6.42 Å². The fraction of sp³-hybridized carbons (Fsp3) is 0.951. The van der Waals surface area contributed by atoms with Crippen LogP contribution < -0.4 is 0 Å². The van der Waals surface area contributed by atoms with E-state index in [2.05, 4.69) is 4.90 Å². The molecule has 3 rings (SSSR count). The molecule has 15 heteroatoms. The van der Waals surface area contributed by atoms with E-state index >= 15 is 0 Å². The maximum atomic E-state index is 14.4. The summed E-state index contributed by atoms with van der Waals surface area (Å²) >= 11 is 0. The fourth-order valence-electron chi connectivity index (χ4n) is 9.40. The van der Waals surface area contributed by atoms with Crippen molar-refractivity contribution in [1.29, 1.82) is 0 Å². The Labute approximate surface area is 335 Å². The molecule has 0 spiro atoms. The number of rotatable bonds is 10. The Morgan fingerprint density at radius 3 is 1.98 bits per heavy atom. The number of carbonyl (C=O) groups is 2. The topological polar surface area (TPSA) is 181 Å². The van der Waals surface area contributed by atoms with Crippen LogP contribution in [0.25, 0.3) is 0 Å². The summed E-state index contributed by atoms with van der Waals surface area (Å²) in [6.45, 7) is 19.1. The van der Waals surface area contributed by atoms with Gasteiger partial charge in [0, 0.05) is 52.6 Å². The highest BCUT2D eigenvalue weighted by atomic mass is 16.7. The van der Waals surface area contributed by atoms with E-state index in [1.54, 1.807) is 41.9 Å². The van der Waals surface area contributed by atoms with Crippen LogP contribution in [0.4, 0.5) is 0 Å². The standard InChI is InChI=1S/C41H75NO14/c1-17-29-41(11,47)34(45)23(4)31(44)21(2)19-39(9,49-15)35(56-38-33(48-14)28(42(12)13)18-22(3)51-38)24(5)32(25(6)37(46)54-29)55-30-20-40(10,50-16)36(26(7)52-30)53-27(8)43/h21-26,28-36,38,44-45,47H,17-20H2,1-16H3/t21-,22-,23+,24+,25-,26+,28+,29-,30+,31+,32+,33-,34-,35-,36+,38+,39+,40-,41-/m1/s1. The molecule has 0 bridgehead atoms. The van der Waals surface area contributed by atoms with Crippen molar-refractivity contribution in [3.05, 3.63) is 0 Å². The molecule has 0 saturated carbocycles. The van der Waals surface area contributed by atoms with Crippen molar-refractivity contribution in [1.82, 2.24) is 4.90 Å². The maximum Gasteiger partial charge on any atom is 0.311 e. The van der Waals surface area contributed by atoms with Gasteiger partial charge in [-0.2, -0.15) is 0 Å². The Morgan fingerprint density at radius 1 is 0.875 bits per heavy atom. The third-order valence-electron chi connectivity index (χ3n) is 13.0. The van der Waals surface area contributed by atoms with Gasteiger partial charge in [0.1, 0.15) is 23.4 Å². The lowest BCUT2D eigenvalue weighted by Crippen LogP contribution is -2.62. The van der Waals surface area contributed by atoms with Crippen molar-refractivity contribution in [2.75, 3.05) is 35.4 Å². The van der Waals surface area contributed by atoms with Gasteiger partial charge in [0.25, 0.3) is 0 Å². The smallest absolute Gasteiger partial charge is 0.311 e. The lowest BCUT2D eigenvalue weighted by atomic mass is 9.73. The largest absolute Gasteiger partial charge is 0.459 e. The predicted molar refractivity (Wildman–Crippen MR) is 206 cm³/mol. The van der Waals surface area contributed by atoms with E-state index in [9.17, 15) is 24.9 Å². The Hall–Kier alpha value is -1.50. The molecule has 3 heterocycles. The van der Waals surface area contributed by atoms with Crippen molar-refractivity contribution in [3.8, 4) is 0 Å². The lowest BCUT2D eigenvalue weighted by molar-refractivity contribution is -0.322. The van der Waals surface area contributed by atoms with Crippen LogP contribution in [-0.4, -0.2) is 158 Å². The number of hydrogen-bond donors (Lipinski definition) is 3. The van der Waals surface area contributed by atoms with E-state index in [4.69, 9.17) is 42.6 Å². The van der Waals surface area contributed by atoms with Crippen LogP contribution >= 0.6 is 0 Å². The molecule has 0 radical (unpaired) electrons. The summed E-state index contributed by atoms with van der Waals surface area (Å²) < 4.78 is 56.9. The second-order valence-electron chi connectivity index (χ2n) is 17.7. The third-order valence-corrected chi connectivity index (χ3v) is 13.0. The Balaban J connectivity index is 2.24. The minimum atomic E-state index is -1.91. The van der Waals surface area contributed by atoms with Gasteiger partial charge in [-0.05, 0) is 80.8 Å². The van der Waals surface area contributed by atoms with Crippen LogP contribution in [0, 0.1) is 23.7 Å². The van der Waals surface area contributed by atoms with Gasteiger partial charge in [0.05, 0.1) is 48.1 Å². The third kappa shape index (κ3) is 10.6. The van der Waals surface area contributed by atoms with Crippen molar-refractivity contribution in [2.45, 2.75) is 192 Å². The molecular formula is C41H75NO14. The number of esters is 2. The number of cyclic esters (lactones) is 1. The summed E-state index contributed by atoms with van der Waals surface area (Å²) in [6.07, 6.45) is -8.14. The zero-order chi connectivity index (χ0) is 42.7. The summed E-state index contributed by atoms with van der Waals surface area (Å²) in [5, 5.41) is 35.1. The first-order chi connectivity index (χ1) is 25.9. The van der Waals surface area contributed by atoms with Crippen LogP contribution in [0.15, 0.2) is 0 Å². The summed E-state index contributed by atoms with van der Waals surface area (Å²) in [6, 6.07) is -0.0480. The van der Waals surface area contributed by atoms with Crippen LogP contribution in [-0.2, 0) is 52.2 Å². The van der Waals surface area contributed by atoms with Crippen LogP contribution in [0.3, 0.4) is 0 Å².